The van der Waals surface area contributed by atoms with Gasteiger partial charge in [0.25, 0.3) is 0 Å². The van der Waals surface area contributed by atoms with Gasteiger partial charge in [0.05, 0.1) is 11.4 Å². The number of imidazole rings is 1. The number of carbonyl (C=O) groups excluding carboxylic acids is 1. The number of thiazole rings is 1. The first-order valence-corrected chi connectivity index (χ1v) is 11.5. The number of aromatic nitrogens is 3. The molecule has 1 atom stereocenters. The molecule has 0 bridgehead atoms. The average molecular weight is 470 g/mol. The number of halogens is 1. The summed E-state index contributed by atoms with van der Waals surface area (Å²) >= 11 is 7.45. The van der Waals surface area contributed by atoms with Crippen LogP contribution in [0.3, 0.4) is 0 Å². The highest BCUT2D eigenvalue weighted by molar-refractivity contribution is 7.17. The number of anilines is 1. The molecular formula is C20H28ClN5O4S. The molecule has 11 heteroatoms. The van der Waals surface area contributed by atoms with Gasteiger partial charge in [0.15, 0.2) is 22.3 Å². The third kappa shape index (κ3) is 4.92. The zero-order valence-corrected chi connectivity index (χ0v) is 19.7. The number of aromatic carboxylic acids is 1. The van der Waals surface area contributed by atoms with Crippen molar-refractivity contribution in [3.63, 3.8) is 0 Å². The van der Waals surface area contributed by atoms with Crippen molar-refractivity contribution in [3.8, 4) is 0 Å². The Labute approximate surface area is 190 Å². The first kappa shape index (κ1) is 23.6. The van der Waals surface area contributed by atoms with Crippen LogP contribution >= 0.6 is 22.9 Å². The van der Waals surface area contributed by atoms with E-state index in [4.69, 9.17) is 16.3 Å². The molecule has 170 valence electrons. The molecule has 0 amide bonds. The molecule has 2 aromatic heterocycles. The molecule has 9 nitrogen and oxygen atoms in total. The minimum atomic E-state index is -0.967. The maximum Gasteiger partial charge on any atom is 0.347 e. The Balaban J connectivity index is 1.67. The van der Waals surface area contributed by atoms with Crippen LogP contribution in [0, 0.1) is 6.92 Å². The first-order chi connectivity index (χ1) is 14.8. The van der Waals surface area contributed by atoms with Gasteiger partial charge in [-0.15, -0.1) is 0 Å². The summed E-state index contributed by atoms with van der Waals surface area (Å²) in [6, 6.07) is 0.00607. The number of carboxylic acids is 1. The van der Waals surface area contributed by atoms with Crippen LogP contribution in [0.2, 0.25) is 5.15 Å². The van der Waals surface area contributed by atoms with Crippen molar-refractivity contribution in [1.82, 2.24) is 19.9 Å². The van der Waals surface area contributed by atoms with E-state index >= 15 is 0 Å². The summed E-state index contributed by atoms with van der Waals surface area (Å²) in [4.78, 5) is 35.3. The lowest BCUT2D eigenvalue weighted by atomic mass is 10.1. The molecule has 0 saturated carbocycles. The Hall–Kier alpha value is -2.01. The van der Waals surface area contributed by atoms with Crippen LogP contribution in [-0.4, -0.2) is 63.9 Å². The molecule has 0 aromatic carbocycles. The van der Waals surface area contributed by atoms with E-state index in [0.29, 0.717) is 47.9 Å². The number of rotatable bonds is 11. The normalized spacial score (nSPS) is 15.2. The highest BCUT2D eigenvalue weighted by Gasteiger charge is 2.35. The predicted molar refractivity (Wildman–Crippen MR) is 120 cm³/mol. The van der Waals surface area contributed by atoms with Crippen molar-refractivity contribution >= 4 is 39.8 Å². The molecule has 0 aliphatic carbocycles. The van der Waals surface area contributed by atoms with Gasteiger partial charge in [-0.25, -0.2) is 14.8 Å². The van der Waals surface area contributed by atoms with Crippen LogP contribution in [0.15, 0.2) is 0 Å². The van der Waals surface area contributed by atoms with E-state index in [0.717, 1.165) is 29.9 Å². The maximum atomic E-state index is 13.2. The number of methoxy groups -OCH3 is 1. The average Bonchev–Trinajstić information content (AvgIpc) is 3.24. The number of hydrogen-bond donors (Lipinski definition) is 2. The van der Waals surface area contributed by atoms with Crippen LogP contribution in [-0.2, 0) is 17.7 Å². The second kappa shape index (κ2) is 10.1. The third-order valence-electron chi connectivity index (χ3n) is 5.31. The van der Waals surface area contributed by atoms with Gasteiger partial charge in [0, 0.05) is 32.8 Å². The van der Waals surface area contributed by atoms with Gasteiger partial charge in [-0.3, -0.25) is 10.1 Å². The Morgan fingerprint density at radius 1 is 1.35 bits per heavy atom. The SMILES string of the molecule is CCCCn1c(C(=O)C(NC2CN(c3nc(C)c(C(=O)O)s3)C2)OC)nc(Cl)c1CC. The van der Waals surface area contributed by atoms with Gasteiger partial charge in [-0.2, -0.15) is 0 Å². The number of ketones is 1. The van der Waals surface area contributed by atoms with Gasteiger partial charge >= 0.3 is 5.97 Å². The Kier molecular flexibility index (Phi) is 7.68. The van der Waals surface area contributed by atoms with Gasteiger partial charge in [0.1, 0.15) is 4.88 Å². The van der Waals surface area contributed by atoms with Gasteiger partial charge in [-0.05, 0) is 19.8 Å². The van der Waals surface area contributed by atoms with Gasteiger partial charge in [-0.1, -0.05) is 43.2 Å². The molecule has 1 aliphatic heterocycles. The number of unbranched alkanes of at least 4 members (excludes halogenated alkanes) is 1. The van der Waals surface area contributed by atoms with Crippen molar-refractivity contribution in [2.45, 2.75) is 58.8 Å². The Bertz CT molecular complexity index is 954. The smallest absolute Gasteiger partial charge is 0.347 e. The van der Waals surface area contributed by atoms with Crippen molar-refractivity contribution in [2.75, 3.05) is 25.1 Å². The van der Waals surface area contributed by atoms with Crippen LogP contribution in [0.25, 0.3) is 0 Å². The van der Waals surface area contributed by atoms with Crippen molar-refractivity contribution in [1.29, 1.82) is 0 Å². The molecule has 0 spiro atoms. The Morgan fingerprint density at radius 3 is 2.61 bits per heavy atom. The lowest BCUT2D eigenvalue weighted by Gasteiger charge is -2.40. The van der Waals surface area contributed by atoms with Gasteiger partial charge < -0.3 is 19.3 Å². The van der Waals surface area contributed by atoms with Crippen molar-refractivity contribution in [2.24, 2.45) is 0 Å². The highest BCUT2D eigenvalue weighted by Crippen LogP contribution is 2.29. The molecule has 3 heterocycles. The number of nitrogens with one attached hydrogen (secondary N) is 1. The fourth-order valence-electron chi connectivity index (χ4n) is 3.58. The maximum absolute atomic E-state index is 13.2. The minimum absolute atomic E-state index is 0.00607. The summed E-state index contributed by atoms with van der Waals surface area (Å²) < 4.78 is 7.35. The fraction of sp³-hybridized carbons (Fsp3) is 0.600. The van der Waals surface area contributed by atoms with Crippen molar-refractivity contribution < 1.29 is 19.4 Å². The summed E-state index contributed by atoms with van der Waals surface area (Å²) in [7, 11) is 1.48. The van der Waals surface area contributed by atoms with E-state index in [9.17, 15) is 14.7 Å². The summed E-state index contributed by atoms with van der Waals surface area (Å²) in [6.07, 6.45) is 1.77. The van der Waals surface area contributed by atoms with Crippen molar-refractivity contribution in [3.05, 3.63) is 27.2 Å². The molecule has 3 rings (SSSR count). The zero-order chi connectivity index (χ0) is 22.7. The molecule has 0 radical (unpaired) electrons. The third-order valence-corrected chi connectivity index (χ3v) is 6.82. The number of Topliss-reactive ketones (excluding diaryl/α,β-unsaturated/α-hetero) is 1. The predicted octanol–water partition coefficient (Wildman–Crippen LogP) is 3.00. The van der Waals surface area contributed by atoms with E-state index in [1.165, 1.54) is 7.11 Å². The number of carbonyl (C=O) groups is 2. The summed E-state index contributed by atoms with van der Waals surface area (Å²) in [6.45, 7) is 7.66. The summed E-state index contributed by atoms with van der Waals surface area (Å²) in [5, 5.41) is 13.5. The van der Waals surface area contributed by atoms with E-state index in [1.807, 2.05) is 16.4 Å². The fourth-order valence-corrected chi connectivity index (χ4v) is 4.82. The highest BCUT2D eigenvalue weighted by atomic mass is 35.5. The summed E-state index contributed by atoms with van der Waals surface area (Å²) in [5.41, 5.74) is 1.37. The second-order valence-corrected chi connectivity index (χ2v) is 8.83. The number of hydrogen-bond acceptors (Lipinski definition) is 8. The molecular weight excluding hydrogens is 442 g/mol. The zero-order valence-electron chi connectivity index (χ0n) is 18.1. The molecule has 1 aliphatic rings. The second-order valence-electron chi connectivity index (χ2n) is 7.50. The standard InChI is InChI=1S/C20H28ClN5O4S/c1-5-7-8-26-13(6-2)16(21)24-17(26)14(27)18(30-4)23-12-9-25(10-12)20-22-11(3)15(31-20)19(28)29/h12,18,23H,5-10H2,1-4H3,(H,28,29). The molecule has 31 heavy (non-hydrogen) atoms. The summed E-state index contributed by atoms with van der Waals surface area (Å²) in [5.74, 6) is -0.908. The minimum Gasteiger partial charge on any atom is -0.477 e. The molecule has 1 fully saturated rings. The van der Waals surface area contributed by atoms with Crippen LogP contribution in [0.5, 0.6) is 0 Å². The number of ether oxygens (including phenoxy) is 1. The topological polar surface area (TPSA) is 110 Å². The van der Waals surface area contributed by atoms with Crippen LogP contribution < -0.4 is 10.2 Å². The van der Waals surface area contributed by atoms with Crippen LogP contribution in [0.1, 0.15) is 58.4 Å². The Morgan fingerprint density at radius 2 is 2.06 bits per heavy atom. The van der Waals surface area contributed by atoms with Crippen LogP contribution in [0.4, 0.5) is 5.13 Å². The molecule has 2 aromatic rings. The lowest BCUT2D eigenvalue weighted by Crippen LogP contribution is -2.62. The van der Waals surface area contributed by atoms with E-state index < -0.39 is 12.2 Å². The monoisotopic (exact) mass is 469 g/mol. The molecule has 1 unspecified atom stereocenters. The largest absolute Gasteiger partial charge is 0.477 e. The molecule has 2 N–H and O–H groups in total. The van der Waals surface area contributed by atoms with E-state index in [1.54, 1.807) is 6.92 Å². The number of nitrogens with zero attached hydrogens (tertiary/aromatic N) is 4. The quantitative estimate of drug-likeness (QED) is 0.382. The number of carboxylic acid groups (broad SMARTS) is 1. The number of aryl methyl sites for hydroxylation is 1. The van der Waals surface area contributed by atoms with Gasteiger partial charge in [0.2, 0.25) is 5.78 Å². The van der Waals surface area contributed by atoms with E-state index in [2.05, 4.69) is 22.2 Å². The first-order valence-electron chi connectivity index (χ1n) is 10.3. The lowest BCUT2D eigenvalue weighted by molar-refractivity contribution is 0.0418. The molecule has 1 saturated heterocycles. The van der Waals surface area contributed by atoms with E-state index in [-0.39, 0.29) is 16.7 Å².